The molecule has 2 heterocycles. The number of rotatable bonds is 6. The largest absolute Gasteiger partial charge is 0.507 e. The molecule has 158 valence electrons. The summed E-state index contributed by atoms with van der Waals surface area (Å²) >= 11 is 0. The second kappa shape index (κ2) is 8.47. The van der Waals surface area contributed by atoms with E-state index in [4.69, 9.17) is 9.15 Å². The molecule has 0 saturated carbocycles. The molecule has 1 saturated heterocycles. The van der Waals surface area contributed by atoms with E-state index in [0.717, 1.165) is 0 Å². The molecule has 1 unspecified atom stereocenters. The fourth-order valence-corrected chi connectivity index (χ4v) is 3.69. The van der Waals surface area contributed by atoms with Crippen LogP contribution < -0.4 is 4.74 Å². The number of halogens is 1. The fraction of sp³-hybridized carbons (Fsp3) is 0.167. The number of ether oxygens (including phenoxy) is 1. The van der Waals surface area contributed by atoms with Crippen molar-refractivity contribution in [1.82, 2.24) is 4.90 Å². The summed E-state index contributed by atoms with van der Waals surface area (Å²) in [5.74, 6) is -1.78. The van der Waals surface area contributed by atoms with Gasteiger partial charge in [0, 0.05) is 11.1 Å². The van der Waals surface area contributed by atoms with Gasteiger partial charge in [0.15, 0.2) is 0 Å². The summed E-state index contributed by atoms with van der Waals surface area (Å²) in [6, 6.07) is 14.6. The highest BCUT2D eigenvalue weighted by Gasteiger charge is 2.47. The average Bonchev–Trinajstić information content (AvgIpc) is 3.37. The highest BCUT2D eigenvalue weighted by atomic mass is 19.1. The Morgan fingerprint density at radius 3 is 2.65 bits per heavy atom. The number of nitrogens with zero attached hydrogens (tertiary/aromatic N) is 1. The van der Waals surface area contributed by atoms with Gasteiger partial charge in [0.1, 0.15) is 23.1 Å². The van der Waals surface area contributed by atoms with Crippen molar-refractivity contribution in [2.24, 2.45) is 0 Å². The van der Waals surface area contributed by atoms with Gasteiger partial charge in [-0.1, -0.05) is 30.3 Å². The molecular weight excluding hydrogens is 401 g/mol. The van der Waals surface area contributed by atoms with Gasteiger partial charge in [-0.25, -0.2) is 4.39 Å². The van der Waals surface area contributed by atoms with Crippen LogP contribution >= 0.6 is 0 Å². The smallest absolute Gasteiger partial charge is 0.296 e. The van der Waals surface area contributed by atoms with Crippen molar-refractivity contribution in [3.05, 3.63) is 95.2 Å². The third-order valence-electron chi connectivity index (χ3n) is 5.06. The molecule has 3 aromatic rings. The molecule has 1 aromatic heterocycles. The summed E-state index contributed by atoms with van der Waals surface area (Å²) in [5, 5.41) is 11.0. The van der Waals surface area contributed by atoms with Crippen molar-refractivity contribution >= 4 is 17.4 Å². The summed E-state index contributed by atoms with van der Waals surface area (Å²) in [5.41, 5.74) is 0.217. The van der Waals surface area contributed by atoms with Gasteiger partial charge >= 0.3 is 0 Å². The molecule has 31 heavy (non-hydrogen) atoms. The minimum atomic E-state index is -1.11. The van der Waals surface area contributed by atoms with Gasteiger partial charge in [0.05, 0.1) is 31.0 Å². The van der Waals surface area contributed by atoms with Gasteiger partial charge in [-0.2, -0.15) is 0 Å². The van der Waals surface area contributed by atoms with Crippen molar-refractivity contribution in [3.63, 3.8) is 0 Å². The zero-order chi connectivity index (χ0) is 22.0. The van der Waals surface area contributed by atoms with Crippen LogP contribution in [0.5, 0.6) is 5.75 Å². The number of hydrogen-bond acceptors (Lipinski definition) is 5. The standard InChI is InChI=1S/C24H20FNO5/c1-2-30-16-8-5-7-15(13-16)22(27)20-21(18-10-3-4-11-19(18)25)26(24(29)23(20)28)14-17-9-6-12-31-17/h3-13,21,27H,2,14H2,1H3/b22-20-. The second-order valence-corrected chi connectivity index (χ2v) is 6.99. The molecule has 0 bridgehead atoms. The molecule has 1 N–H and O–H groups in total. The van der Waals surface area contributed by atoms with Crippen molar-refractivity contribution < 1.29 is 28.2 Å². The summed E-state index contributed by atoms with van der Waals surface area (Å²) in [7, 11) is 0. The quantitative estimate of drug-likeness (QED) is 0.362. The number of likely N-dealkylation sites (tertiary alicyclic amines) is 1. The van der Waals surface area contributed by atoms with Crippen LogP contribution in [0.25, 0.3) is 5.76 Å². The van der Waals surface area contributed by atoms with Crippen LogP contribution in [0.2, 0.25) is 0 Å². The summed E-state index contributed by atoms with van der Waals surface area (Å²) in [6.07, 6.45) is 1.45. The highest BCUT2D eigenvalue weighted by molar-refractivity contribution is 6.46. The van der Waals surface area contributed by atoms with E-state index in [1.54, 1.807) is 42.5 Å². The molecule has 7 heteroatoms. The maximum atomic E-state index is 14.8. The third-order valence-corrected chi connectivity index (χ3v) is 5.06. The molecule has 1 amide bonds. The van der Waals surface area contributed by atoms with E-state index in [2.05, 4.69) is 0 Å². The Morgan fingerprint density at radius 1 is 1.13 bits per heavy atom. The zero-order valence-corrected chi connectivity index (χ0v) is 16.7. The van der Waals surface area contributed by atoms with Crippen LogP contribution in [0.1, 0.15) is 29.9 Å². The predicted octanol–water partition coefficient (Wildman–Crippen LogP) is 4.44. The lowest BCUT2D eigenvalue weighted by Gasteiger charge is -2.24. The molecule has 0 aliphatic carbocycles. The van der Waals surface area contributed by atoms with E-state index in [1.165, 1.54) is 29.4 Å². The second-order valence-electron chi connectivity index (χ2n) is 6.99. The Hall–Kier alpha value is -3.87. The van der Waals surface area contributed by atoms with Crippen molar-refractivity contribution in [2.75, 3.05) is 6.61 Å². The Labute approximate surface area is 178 Å². The van der Waals surface area contributed by atoms with Gasteiger partial charge in [0.25, 0.3) is 11.7 Å². The Balaban J connectivity index is 1.87. The number of aliphatic hydroxyl groups is 1. The maximum absolute atomic E-state index is 14.8. The lowest BCUT2D eigenvalue weighted by molar-refractivity contribution is -0.140. The fourth-order valence-electron chi connectivity index (χ4n) is 3.69. The number of amides is 1. The molecule has 6 nitrogen and oxygen atoms in total. The normalized spacial score (nSPS) is 17.9. The minimum Gasteiger partial charge on any atom is -0.507 e. The van der Waals surface area contributed by atoms with Crippen LogP contribution in [0, 0.1) is 5.82 Å². The number of furan rings is 1. The highest BCUT2D eigenvalue weighted by Crippen LogP contribution is 2.41. The molecule has 0 spiro atoms. The van der Waals surface area contributed by atoms with Gasteiger partial charge in [-0.3, -0.25) is 9.59 Å². The number of hydrogen-bond donors (Lipinski definition) is 1. The first-order valence-electron chi connectivity index (χ1n) is 9.79. The topological polar surface area (TPSA) is 80.0 Å². The average molecular weight is 421 g/mol. The van der Waals surface area contributed by atoms with E-state index >= 15 is 0 Å². The Morgan fingerprint density at radius 2 is 1.94 bits per heavy atom. The van der Waals surface area contributed by atoms with Gasteiger partial charge < -0.3 is 19.2 Å². The number of ketones is 1. The van der Waals surface area contributed by atoms with E-state index in [-0.39, 0.29) is 17.7 Å². The van der Waals surface area contributed by atoms with Gasteiger partial charge in [-0.15, -0.1) is 0 Å². The predicted molar refractivity (Wildman–Crippen MR) is 111 cm³/mol. The first kappa shape index (κ1) is 20.4. The molecule has 4 rings (SSSR count). The molecule has 0 radical (unpaired) electrons. The number of carbonyl (C=O) groups excluding carboxylic acids is 2. The van der Waals surface area contributed by atoms with Crippen LogP contribution in [0.15, 0.2) is 76.9 Å². The van der Waals surface area contributed by atoms with Crippen LogP contribution in [-0.2, 0) is 16.1 Å². The molecule has 2 aromatic carbocycles. The van der Waals surface area contributed by atoms with Crippen molar-refractivity contribution in [1.29, 1.82) is 0 Å². The van der Waals surface area contributed by atoms with E-state index in [0.29, 0.717) is 23.7 Å². The third kappa shape index (κ3) is 3.82. The molecule has 1 fully saturated rings. The summed E-state index contributed by atoms with van der Waals surface area (Å²) < 4.78 is 25.5. The lowest BCUT2D eigenvalue weighted by Crippen LogP contribution is -2.29. The first-order valence-corrected chi connectivity index (χ1v) is 9.79. The SMILES string of the molecule is CCOc1cccc(/C(O)=C2/C(=O)C(=O)N(Cc3ccco3)C2c2ccccc2F)c1. The lowest BCUT2D eigenvalue weighted by atomic mass is 9.95. The summed E-state index contributed by atoms with van der Waals surface area (Å²) in [4.78, 5) is 27.1. The Kier molecular flexibility index (Phi) is 5.58. The Bertz CT molecular complexity index is 1150. The van der Waals surface area contributed by atoms with Crippen LogP contribution in [0.3, 0.4) is 0 Å². The molecule has 1 atom stereocenters. The van der Waals surface area contributed by atoms with Gasteiger partial charge in [-0.05, 0) is 37.3 Å². The van der Waals surface area contributed by atoms with Crippen LogP contribution in [-0.4, -0.2) is 28.3 Å². The van der Waals surface area contributed by atoms with Crippen LogP contribution in [0.4, 0.5) is 4.39 Å². The number of carbonyl (C=O) groups is 2. The van der Waals surface area contributed by atoms with E-state index in [1.807, 2.05) is 6.92 Å². The molecular formula is C24H20FNO5. The number of Topliss-reactive ketones (excluding diaryl/α,β-unsaturated/α-hetero) is 1. The molecule has 1 aliphatic heterocycles. The van der Waals surface area contributed by atoms with E-state index < -0.39 is 29.3 Å². The maximum Gasteiger partial charge on any atom is 0.296 e. The number of aliphatic hydroxyl groups excluding tert-OH is 1. The monoisotopic (exact) mass is 421 g/mol. The zero-order valence-electron chi connectivity index (χ0n) is 16.7. The minimum absolute atomic E-state index is 0.0493. The number of benzene rings is 2. The summed E-state index contributed by atoms with van der Waals surface area (Å²) in [6.45, 7) is 2.20. The van der Waals surface area contributed by atoms with Gasteiger partial charge in [0.2, 0.25) is 0 Å². The van der Waals surface area contributed by atoms with Crippen molar-refractivity contribution in [3.8, 4) is 5.75 Å². The van der Waals surface area contributed by atoms with Crippen molar-refractivity contribution in [2.45, 2.75) is 19.5 Å². The first-order chi connectivity index (χ1) is 15.0. The van der Waals surface area contributed by atoms with E-state index in [9.17, 15) is 19.1 Å². The molecule has 1 aliphatic rings.